The summed E-state index contributed by atoms with van der Waals surface area (Å²) in [5.41, 5.74) is 7.25. The number of rotatable bonds is 7. The van der Waals surface area contributed by atoms with Gasteiger partial charge in [-0.2, -0.15) is 0 Å². The first-order valence-corrected chi connectivity index (χ1v) is 7.56. The zero-order chi connectivity index (χ0) is 12.7. The van der Waals surface area contributed by atoms with Gasteiger partial charge in [0.2, 0.25) is 0 Å². The third-order valence-electron chi connectivity index (χ3n) is 2.92. The maximum Gasteiger partial charge on any atom is 0.500 e. The van der Waals surface area contributed by atoms with Crippen molar-refractivity contribution in [3.63, 3.8) is 0 Å². The van der Waals surface area contributed by atoms with Crippen molar-refractivity contribution in [3.05, 3.63) is 35.9 Å². The molecule has 1 aromatic rings. The van der Waals surface area contributed by atoms with Crippen molar-refractivity contribution >= 4 is 19.8 Å². The van der Waals surface area contributed by atoms with Crippen molar-refractivity contribution in [1.29, 1.82) is 0 Å². The lowest BCUT2D eigenvalue weighted by Crippen LogP contribution is -2.43. The summed E-state index contributed by atoms with van der Waals surface area (Å²) in [7, 11) is 2.36. The Hall–Kier alpha value is -0.506. The molecule has 2 N–H and O–H groups in total. The zero-order valence-corrected chi connectivity index (χ0v) is 11.7. The summed E-state index contributed by atoms with van der Waals surface area (Å²) in [5.74, 6) is 0. The summed E-state index contributed by atoms with van der Waals surface area (Å²) in [5, 5.41) is 0. The van der Waals surface area contributed by atoms with Crippen LogP contribution in [0.5, 0.6) is 0 Å². The van der Waals surface area contributed by atoms with Crippen LogP contribution in [0.4, 0.5) is 0 Å². The molecule has 0 radical (unpaired) electrons. The molecule has 18 heavy (non-hydrogen) atoms. The molecule has 1 rings (SSSR count). The quantitative estimate of drug-likeness (QED) is 0.742. The third-order valence-corrected chi connectivity index (χ3v) is 5.69. The second kappa shape index (κ2) is 8.57. The second-order valence-corrected chi connectivity index (χ2v) is 6.94. The predicted molar refractivity (Wildman–Crippen MR) is 80.9 cm³/mol. The minimum atomic E-state index is -2.49. The van der Waals surface area contributed by atoms with Crippen LogP contribution >= 0.6 is 0 Å². The minimum absolute atomic E-state index is 0. The maximum absolute atomic E-state index is 6.12. The van der Waals surface area contributed by atoms with E-state index in [0.717, 1.165) is 12.0 Å². The van der Waals surface area contributed by atoms with Crippen LogP contribution in [0.15, 0.2) is 30.3 Å². The molecule has 104 valence electrons. The molecule has 6 heteroatoms. The van der Waals surface area contributed by atoms with Crippen LogP contribution in [0.2, 0.25) is 6.04 Å². The lowest BCUT2D eigenvalue weighted by atomic mass is 10.1. The summed E-state index contributed by atoms with van der Waals surface area (Å²) >= 11 is 0. The Labute approximate surface area is 115 Å². The summed E-state index contributed by atoms with van der Waals surface area (Å²) < 4.78 is 16.1. The van der Waals surface area contributed by atoms with Gasteiger partial charge in [-0.15, -0.1) is 0 Å². The van der Waals surface area contributed by atoms with Gasteiger partial charge in [-0.3, -0.25) is 0 Å². The van der Waals surface area contributed by atoms with Gasteiger partial charge in [0.1, 0.15) is 0 Å². The fourth-order valence-electron chi connectivity index (χ4n) is 1.76. The van der Waals surface area contributed by atoms with E-state index in [9.17, 15) is 0 Å². The van der Waals surface area contributed by atoms with Crippen molar-refractivity contribution in [2.75, 3.05) is 21.3 Å². The standard InChI is InChI=1S/C12H21NO3Si.H4Si/c1-14-17(15-2,16-3)10-9-12(13)11-7-5-4-6-8-11;/h4-8,12H,9-10,13H2,1-3H3;1H4. The van der Waals surface area contributed by atoms with Gasteiger partial charge in [-0.05, 0) is 22.9 Å². The molecule has 1 unspecified atom stereocenters. The highest BCUT2D eigenvalue weighted by Crippen LogP contribution is 2.22. The van der Waals surface area contributed by atoms with E-state index in [1.165, 1.54) is 0 Å². The van der Waals surface area contributed by atoms with E-state index in [0.29, 0.717) is 6.04 Å². The molecule has 0 fully saturated rings. The maximum atomic E-state index is 6.12. The SMILES string of the molecule is CO[Si](CCC(N)c1ccccc1)(OC)OC.[SiH4]. The van der Waals surface area contributed by atoms with E-state index in [1.807, 2.05) is 30.3 Å². The van der Waals surface area contributed by atoms with Gasteiger partial charge in [-0.1, -0.05) is 30.3 Å². The third kappa shape index (κ3) is 4.64. The molecule has 1 atom stereocenters. The van der Waals surface area contributed by atoms with Gasteiger partial charge in [0.25, 0.3) is 0 Å². The Morgan fingerprint density at radius 1 is 1.06 bits per heavy atom. The highest BCUT2D eigenvalue weighted by molar-refractivity contribution is 6.60. The minimum Gasteiger partial charge on any atom is -0.377 e. The number of nitrogens with two attached hydrogens (primary N) is 1. The van der Waals surface area contributed by atoms with Crippen LogP contribution in [-0.4, -0.2) is 41.1 Å². The van der Waals surface area contributed by atoms with Crippen molar-refractivity contribution in [2.45, 2.75) is 18.5 Å². The molecule has 0 aliphatic carbocycles. The normalized spacial score (nSPS) is 12.9. The van der Waals surface area contributed by atoms with Gasteiger partial charge in [0.15, 0.2) is 0 Å². The highest BCUT2D eigenvalue weighted by atomic mass is 28.4. The molecule has 0 spiro atoms. The topological polar surface area (TPSA) is 53.7 Å². The number of hydrogen-bond acceptors (Lipinski definition) is 4. The fraction of sp³-hybridized carbons (Fsp3) is 0.500. The Morgan fingerprint density at radius 3 is 2.00 bits per heavy atom. The Morgan fingerprint density at radius 2 is 1.56 bits per heavy atom. The Bertz CT molecular complexity index is 312. The van der Waals surface area contributed by atoms with Crippen molar-refractivity contribution in [1.82, 2.24) is 0 Å². The molecule has 0 bridgehead atoms. The first-order valence-electron chi connectivity index (χ1n) is 5.63. The zero-order valence-electron chi connectivity index (χ0n) is 10.7. The van der Waals surface area contributed by atoms with Crippen LogP contribution in [-0.2, 0) is 13.3 Å². The monoisotopic (exact) mass is 287 g/mol. The summed E-state index contributed by atoms with van der Waals surface area (Å²) in [6, 6.07) is 10.7. The molecule has 0 heterocycles. The predicted octanol–water partition coefficient (Wildman–Crippen LogP) is 0.503. The molecule has 1 aromatic carbocycles. The Kier molecular flexibility index (Phi) is 8.33. The largest absolute Gasteiger partial charge is 0.500 e. The fourth-order valence-corrected chi connectivity index (χ4v) is 3.53. The molecule has 0 amide bonds. The van der Waals surface area contributed by atoms with Gasteiger partial charge >= 0.3 is 8.80 Å². The number of benzene rings is 1. The van der Waals surface area contributed by atoms with Gasteiger partial charge in [0, 0.05) is 33.4 Å². The van der Waals surface area contributed by atoms with E-state index < -0.39 is 8.80 Å². The van der Waals surface area contributed by atoms with E-state index in [2.05, 4.69) is 0 Å². The molecule has 4 nitrogen and oxygen atoms in total. The summed E-state index contributed by atoms with van der Waals surface area (Å²) in [4.78, 5) is 0. The molecule has 0 aliphatic rings. The molecular formula is C12H25NO3Si2. The number of hydrogen-bond donors (Lipinski definition) is 1. The van der Waals surface area contributed by atoms with Crippen molar-refractivity contribution in [3.8, 4) is 0 Å². The smallest absolute Gasteiger partial charge is 0.377 e. The van der Waals surface area contributed by atoms with E-state index in [1.54, 1.807) is 21.3 Å². The Balaban J connectivity index is 0.00000289. The van der Waals surface area contributed by atoms with E-state index >= 15 is 0 Å². The average Bonchev–Trinajstić information content (AvgIpc) is 2.41. The second-order valence-electron chi connectivity index (χ2n) is 3.85. The van der Waals surface area contributed by atoms with E-state index in [4.69, 9.17) is 19.0 Å². The molecule has 0 aliphatic heterocycles. The lowest BCUT2D eigenvalue weighted by molar-refractivity contribution is 0.122. The summed E-state index contributed by atoms with van der Waals surface area (Å²) in [6.07, 6.45) is 0.783. The first kappa shape index (κ1) is 17.5. The first-order chi connectivity index (χ1) is 8.17. The highest BCUT2D eigenvalue weighted by Gasteiger charge is 2.37. The molecule has 0 saturated heterocycles. The average molecular weight is 288 g/mol. The lowest BCUT2D eigenvalue weighted by Gasteiger charge is -2.25. The van der Waals surface area contributed by atoms with Gasteiger partial charge < -0.3 is 19.0 Å². The summed E-state index contributed by atoms with van der Waals surface area (Å²) in [6.45, 7) is 0. The van der Waals surface area contributed by atoms with Gasteiger partial charge in [-0.25, -0.2) is 0 Å². The van der Waals surface area contributed by atoms with Crippen molar-refractivity contribution < 1.29 is 13.3 Å². The van der Waals surface area contributed by atoms with Crippen LogP contribution in [0.3, 0.4) is 0 Å². The molecule has 0 saturated carbocycles. The van der Waals surface area contributed by atoms with Crippen LogP contribution in [0.25, 0.3) is 0 Å². The van der Waals surface area contributed by atoms with E-state index in [-0.39, 0.29) is 17.0 Å². The van der Waals surface area contributed by atoms with Crippen molar-refractivity contribution in [2.24, 2.45) is 5.73 Å². The molecule has 0 aromatic heterocycles. The van der Waals surface area contributed by atoms with Crippen LogP contribution in [0, 0.1) is 0 Å². The molecular weight excluding hydrogens is 262 g/mol. The van der Waals surface area contributed by atoms with Crippen LogP contribution < -0.4 is 5.73 Å². The van der Waals surface area contributed by atoms with Crippen LogP contribution in [0.1, 0.15) is 18.0 Å². The van der Waals surface area contributed by atoms with Gasteiger partial charge in [0.05, 0.1) is 0 Å².